The summed E-state index contributed by atoms with van der Waals surface area (Å²) < 4.78 is 0. The van der Waals surface area contributed by atoms with Crippen LogP contribution in [0.1, 0.15) is 31.2 Å². The van der Waals surface area contributed by atoms with Crippen molar-refractivity contribution in [2.45, 2.75) is 37.5 Å². The second-order valence-electron chi connectivity index (χ2n) is 5.16. The van der Waals surface area contributed by atoms with E-state index in [1.807, 2.05) is 11.8 Å². The second-order valence-corrected chi connectivity index (χ2v) is 6.03. The molecule has 0 saturated heterocycles. The zero-order chi connectivity index (χ0) is 13.7. The quantitative estimate of drug-likeness (QED) is 0.864. The fourth-order valence-corrected chi connectivity index (χ4v) is 3.11. The summed E-state index contributed by atoms with van der Waals surface area (Å²) in [6, 6.07) is 8.97. The second kappa shape index (κ2) is 6.85. The molecule has 0 radical (unpaired) electrons. The van der Waals surface area contributed by atoms with Gasteiger partial charge in [0.2, 0.25) is 0 Å². The Balaban J connectivity index is 1.83. The number of hydrogen-bond acceptors (Lipinski definition) is 3. The van der Waals surface area contributed by atoms with Crippen molar-refractivity contribution in [3.8, 4) is 0 Å². The van der Waals surface area contributed by atoms with Crippen molar-refractivity contribution >= 4 is 23.4 Å². The van der Waals surface area contributed by atoms with Gasteiger partial charge in [-0.2, -0.15) is 11.8 Å². The van der Waals surface area contributed by atoms with Gasteiger partial charge in [-0.1, -0.05) is 12.1 Å². The summed E-state index contributed by atoms with van der Waals surface area (Å²) in [6.45, 7) is 0. The molecule has 0 unspecified atom stereocenters. The average molecular weight is 279 g/mol. The summed E-state index contributed by atoms with van der Waals surface area (Å²) in [5.41, 5.74) is 2.48. The first-order chi connectivity index (χ1) is 9.19. The van der Waals surface area contributed by atoms with Crippen LogP contribution in [-0.4, -0.2) is 23.4 Å². The molecule has 0 heterocycles. The minimum atomic E-state index is -0.639. The Kier molecular flexibility index (Phi) is 5.14. The first-order valence-electron chi connectivity index (χ1n) is 6.76. The van der Waals surface area contributed by atoms with Gasteiger partial charge in [0.1, 0.15) is 0 Å². The third-order valence-corrected chi connectivity index (χ3v) is 4.33. The summed E-state index contributed by atoms with van der Waals surface area (Å²) >= 11 is 1.82. The smallest absolute Gasteiger partial charge is 0.306 e. The topological polar surface area (TPSA) is 49.3 Å². The van der Waals surface area contributed by atoms with Gasteiger partial charge in [0.05, 0.1) is 5.92 Å². The van der Waals surface area contributed by atoms with Crippen LogP contribution in [0.15, 0.2) is 24.3 Å². The highest BCUT2D eigenvalue weighted by Gasteiger charge is 2.25. The molecule has 0 spiro atoms. The lowest BCUT2D eigenvalue weighted by Crippen LogP contribution is -2.29. The Morgan fingerprint density at radius 2 is 1.89 bits per heavy atom. The molecule has 0 amide bonds. The molecule has 2 rings (SSSR count). The molecule has 2 N–H and O–H groups in total. The molecule has 3 nitrogen and oxygen atoms in total. The molecule has 1 saturated carbocycles. The predicted octanol–water partition coefficient (Wildman–Crippen LogP) is 3.60. The zero-order valence-corrected chi connectivity index (χ0v) is 12.1. The van der Waals surface area contributed by atoms with E-state index in [1.165, 1.54) is 5.56 Å². The Bertz CT molecular complexity index is 411. The van der Waals surface area contributed by atoms with Gasteiger partial charge in [-0.05, 0) is 49.6 Å². The molecule has 4 heteroatoms. The minimum absolute atomic E-state index is 0.137. The molecule has 1 aromatic carbocycles. The zero-order valence-electron chi connectivity index (χ0n) is 11.3. The monoisotopic (exact) mass is 279 g/mol. The van der Waals surface area contributed by atoms with Crippen LogP contribution in [0.5, 0.6) is 0 Å². The summed E-state index contributed by atoms with van der Waals surface area (Å²) in [7, 11) is 0. The number of rotatable bonds is 5. The van der Waals surface area contributed by atoms with Gasteiger partial charge in [0.25, 0.3) is 0 Å². The first-order valence-corrected chi connectivity index (χ1v) is 8.15. The maximum Gasteiger partial charge on any atom is 0.306 e. The lowest BCUT2D eigenvalue weighted by Gasteiger charge is -2.27. The number of benzene rings is 1. The summed E-state index contributed by atoms with van der Waals surface area (Å²) in [6.07, 6.45) is 5.58. The molecule has 0 aliphatic heterocycles. The highest BCUT2D eigenvalue weighted by molar-refractivity contribution is 7.97. The third kappa shape index (κ3) is 4.16. The third-order valence-electron chi connectivity index (χ3n) is 3.71. The molecule has 1 aromatic rings. The van der Waals surface area contributed by atoms with Crippen molar-refractivity contribution in [1.29, 1.82) is 0 Å². The SMILES string of the molecule is CSCc1ccc(NC2CCC(C(=O)O)CC2)cc1. The Labute approximate surface area is 118 Å². The van der Waals surface area contributed by atoms with E-state index in [4.69, 9.17) is 5.11 Å². The van der Waals surface area contributed by atoms with Crippen molar-refractivity contribution in [2.24, 2.45) is 5.92 Å². The van der Waals surface area contributed by atoms with Crippen LogP contribution in [-0.2, 0) is 10.5 Å². The number of carboxylic acids is 1. The van der Waals surface area contributed by atoms with E-state index in [1.54, 1.807) is 0 Å². The van der Waals surface area contributed by atoms with E-state index in [0.29, 0.717) is 6.04 Å². The Hall–Kier alpha value is -1.16. The highest BCUT2D eigenvalue weighted by Crippen LogP contribution is 2.27. The molecule has 104 valence electrons. The van der Waals surface area contributed by atoms with E-state index in [2.05, 4.69) is 35.8 Å². The summed E-state index contributed by atoms with van der Waals surface area (Å²) in [5, 5.41) is 12.5. The van der Waals surface area contributed by atoms with Crippen molar-refractivity contribution in [2.75, 3.05) is 11.6 Å². The summed E-state index contributed by atoms with van der Waals surface area (Å²) in [5.74, 6) is 0.270. The molecule has 0 aromatic heterocycles. The number of hydrogen-bond donors (Lipinski definition) is 2. The van der Waals surface area contributed by atoms with Crippen LogP contribution < -0.4 is 5.32 Å². The lowest BCUT2D eigenvalue weighted by atomic mass is 9.86. The van der Waals surface area contributed by atoms with Gasteiger partial charge in [-0.25, -0.2) is 0 Å². The van der Waals surface area contributed by atoms with Crippen LogP contribution in [0, 0.1) is 5.92 Å². The predicted molar refractivity (Wildman–Crippen MR) is 80.7 cm³/mol. The molecule has 0 bridgehead atoms. The first kappa shape index (κ1) is 14.3. The molecule has 19 heavy (non-hydrogen) atoms. The fraction of sp³-hybridized carbons (Fsp3) is 0.533. The van der Waals surface area contributed by atoms with Gasteiger partial charge in [-0.3, -0.25) is 4.79 Å². The maximum atomic E-state index is 10.9. The van der Waals surface area contributed by atoms with Crippen molar-refractivity contribution in [3.05, 3.63) is 29.8 Å². The number of aliphatic carboxylic acids is 1. The fourth-order valence-electron chi connectivity index (χ4n) is 2.58. The Morgan fingerprint density at radius 3 is 2.42 bits per heavy atom. The maximum absolute atomic E-state index is 10.9. The van der Waals surface area contributed by atoms with Gasteiger partial charge in [-0.15, -0.1) is 0 Å². The summed E-state index contributed by atoms with van der Waals surface area (Å²) in [4.78, 5) is 10.9. The highest BCUT2D eigenvalue weighted by atomic mass is 32.2. The number of carboxylic acid groups (broad SMARTS) is 1. The van der Waals surface area contributed by atoms with Gasteiger partial charge in [0, 0.05) is 17.5 Å². The van der Waals surface area contributed by atoms with Crippen LogP contribution in [0.25, 0.3) is 0 Å². The molecule has 1 fully saturated rings. The van der Waals surface area contributed by atoms with Crippen LogP contribution in [0.3, 0.4) is 0 Å². The Morgan fingerprint density at radius 1 is 1.26 bits per heavy atom. The van der Waals surface area contributed by atoms with Crippen molar-refractivity contribution in [3.63, 3.8) is 0 Å². The average Bonchev–Trinajstić information content (AvgIpc) is 2.42. The van der Waals surface area contributed by atoms with E-state index in [0.717, 1.165) is 37.1 Å². The largest absolute Gasteiger partial charge is 0.481 e. The van der Waals surface area contributed by atoms with E-state index in [9.17, 15) is 4.79 Å². The molecular weight excluding hydrogens is 258 g/mol. The van der Waals surface area contributed by atoms with Gasteiger partial charge >= 0.3 is 5.97 Å². The van der Waals surface area contributed by atoms with Crippen LogP contribution in [0.2, 0.25) is 0 Å². The van der Waals surface area contributed by atoms with Gasteiger partial charge in [0.15, 0.2) is 0 Å². The minimum Gasteiger partial charge on any atom is -0.481 e. The lowest BCUT2D eigenvalue weighted by molar-refractivity contribution is -0.142. The van der Waals surface area contributed by atoms with E-state index >= 15 is 0 Å². The number of nitrogens with one attached hydrogen (secondary N) is 1. The van der Waals surface area contributed by atoms with Crippen molar-refractivity contribution < 1.29 is 9.90 Å². The number of anilines is 1. The normalized spacial score (nSPS) is 23.0. The number of thioether (sulfide) groups is 1. The number of carbonyl (C=O) groups is 1. The molecule has 0 atom stereocenters. The van der Waals surface area contributed by atoms with Crippen LogP contribution in [0.4, 0.5) is 5.69 Å². The molecular formula is C15H21NO2S. The standard InChI is InChI=1S/C15H21NO2S/c1-19-10-11-2-6-13(7-3-11)16-14-8-4-12(5-9-14)15(17)18/h2-3,6-7,12,14,16H,4-5,8-10H2,1H3,(H,17,18). The van der Waals surface area contributed by atoms with E-state index in [-0.39, 0.29) is 5.92 Å². The molecule has 1 aliphatic carbocycles. The van der Waals surface area contributed by atoms with Crippen molar-refractivity contribution in [1.82, 2.24) is 0 Å². The molecule has 1 aliphatic rings. The van der Waals surface area contributed by atoms with E-state index < -0.39 is 5.97 Å². The van der Waals surface area contributed by atoms with Gasteiger partial charge < -0.3 is 10.4 Å². The van der Waals surface area contributed by atoms with Crippen LogP contribution >= 0.6 is 11.8 Å².